The van der Waals surface area contributed by atoms with Crippen LogP contribution in [0.1, 0.15) is 35.2 Å². The number of rotatable bonds is 3. The van der Waals surface area contributed by atoms with Crippen molar-refractivity contribution in [1.29, 1.82) is 0 Å². The van der Waals surface area contributed by atoms with Gasteiger partial charge in [-0.2, -0.15) is 0 Å². The highest BCUT2D eigenvalue weighted by atomic mass is 16.4. The minimum Gasteiger partial charge on any atom is -0.478 e. The number of aromatic carboxylic acids is 1. The van der Waals surface area contributed by atoms with Crippen molar-refractivity contribution in [2.75, 3.05) is 33.2 Å². The molecule has 24 heavy (non-hydrogen) atoms. The fourth-order valence-electron chi connectivity index (χ4n) is 3.82. The Balaban J connectivity index is 1.68. The zero-order valence-electron chi connectivity index (χ0n) is 14.1. The molecule has 1 amide bonds. The van der Waals surface area contributed by atoms with E-state index in [-0.39, 0.29) is 11.4 Å². The van der Waals surface area contributed by atoms with Gasteiger partial charge in [0.2, 0.25) is 5.91 Å². The molecule has 0 aromatic heterocycles. The monoisotopic (exact) mass is 331 g/mol. The molecule has 1 spiro atoms. The number of nitrogens with one attached hydrogen (secondary N) is 1. The lowest BCUT2D eigenvalue weighted by molar-refractivity contribution is -0.121. The number of amides is 1. The van der Waals surface area contributed by atoms with Crippen LogP contribution in [0.3, 0.4) is 0 Å². The van der Waals surface area contributed by atoms with E-state index < -0.39 is 5.97 Å². The molecule has 1 atom stereocenters. The van der Waals surface area contributed by atoms with Crippen molar-refractivity contribution in [3.05, 3.63) is 35.4 Å². The second kappa shape index (κ2) is 6.91. The molecule has 0 aliphatic carbocycles. The number of nitrogens with zero attached hydrogens (tertiary/aromatic N) is 2. The van der Waals surface area contributed by atoms with Gasteiger partial charge in [-0.3, -0.25) is 14.6 Å². The predicted octanol–water partition coefficient (Wildman–Crippen LogP) is 1.17. The van der Waals surface area contributed by atoms with Crippen LogP contribution in [-0.2, 0) is 11.3 Å². The Kier molecular flexibility index (Phi) is 4.87. The molecule has 1 aromatic carbocycles. The van der Waals surface area contributed by atoms with Crippen LogP contribution in [0.5, 0.6) is 0 Å². The molecule has 1 aromatic rings. The predicted molar refractivity (Wildman–Crippen MR) is 90.9 cm³/mol. The maximum absolute atomic E-state index is 11.7. The fourth-order valence-corrected chi connectivity index (χ4v) is 3.82. The fraction of sp³-hybridized carbons (Fsp3) is 0.556. The number of carbonyl (C=O) groups excluding carboxylic acids is 1. The van der Waals surface area contributed by atoms with Crippen LogP contribution in [0.25, 0.3) is 0 Å². The lowest BCUT2D eigenvalue weighted by Crippen LogP contribution is -2.60. The van der Waals surface area contributed by atoms with E-state index in [9.17, 15) is 9.59 Å². The Morgan fingerprint density at radius 3 is 2.71 bits per heavy atom. The first kappa shape index (κ1) is 16.9. The lowest BCUT2D eigenvalue weighted by Gasteiger charge is -2.49. The molecule has 6 heteroatoms. The summed E-state index contributed by atoms with van der Waals surface area (Å²) in [5, 5.41) is 12.0. The summed E-state index contributed by atoms with van der Waals surface area (Å²) in [6.07, 6.45) is 2.46. The van der Waals surface area contributed by atoms with Gasteiger partial charge in [0.05, 0.1) is 5.56 Å². The molecule has 130 valence electrons. The van der Waals surface area contributed by atoms with E-state index in [1.807, 2.05) is 12.1 Å². The number of hydrogen-bond donors (Lipinski definition) is 2. The average Bonchev–Trinajstić information content (AvgIpc) is 2.74. The van der Waals surface area contributed by atoms with Gasteiger partial charge >= 0.3 is 5.97 Å². The van der Waals surface area contributed by atoms with Gasteiger partial charge in [-0.25, -0.2) is 4.79 Å². The maximum Gasteiger partial charge on any atom is 0.335 e. The number of piperazine rings is 1. The highest BCUT2D eigenvalue weighted by Gasteiger charge is 2.40. The molecule has 2 heterocycles. The number of carboxylic acids is 1. The first-order valence-electron chi connectivity index (χ1n) is 8.51. The van der Waals surface area contributed by atoms with Crippen molar-refractivity contribution < 1.29 is 14.7 Å². The molecule has 0 radical (unpaired) electrons. The first-order valence-corrected chi connectivity index (χ1v) is 8.51. The number of likely N-dealkylation sites (N-methyl/N-ethyl adjacent to an activating group) is 1. The van der Waals surface area contributed by atoms with Gasteiger partial charge in [-0.1, -0.05) is 12.1 Å². The van der Waals surface area contributed by atoms with Crippen molar-refractivity contribution in [1.82, 2.24) is 15.1 Å². The SMILES string of the molecule is CN1CCN(Cc2ccc(C(=O)O)cc2)C[C@@]12CCNC(=O)CC2. The second-order valence-electron chi connectivity index (χ2n) is 6.96. The molecule has 0 unspecified atom stereocenters. The standard InChI is InChI=1S/C18H25N3O3/c1-20-10-11-21(12-14-2-4-15(5-3-14)17(23)24)13-18(20)7-6-16(22)19-9-8-18/h2-5H,6-13H2,1H3,(H,19,22)(H,23,24)/t18-/m1/s1. The van der Waals surface area contributed by atoms with E-state index in [1.54, 1.807) is 12.1 Å². The minimum absolute atomic E-state index is 0.0540. The summed E-state index contributed by atoms with van der Waals surface area (Å²) in [4.78, 5) is 27.5. The summed E-state index contributed by atoms with van der Waals surface area (Å²) in [6.45, 7) is 4.47. The molecular formula is C18H25N3O3. The average molecular weight is 331 g/mol. The van der Waals surface area contributed by atoms with Crippen molar-refractivity contribution in [3.8, 4) is 0 Å². The highest BCUT2D eigenvalue weighted by Crippen LogP contribution is 2.31. The quantitative estimate of drug-likeness (QED) is 0.870. The Morgan fingerprint density at radius 2 is 2.00 bits per heavy atom. The summed E-state index contributed by atoms with van der Waals surface area (Å²) in [5.74, 6) is -0.739. The first-order chi connectivity index (χ1) is 11.5. The minimum atomic E-state index is -0.893. The zero-order chi connectivity index (χ0) is 17.2. The maximum atomic E-state index is 11.7. The normalized spacial score (nSPS) is 26.1. The van der Waals surface area contributed by atoms with Crippen LogP contribution in [0.15, 0.2) is 24.3 Å². The van der Waals surface area contributed by atoms with E-state index in [1.165, 1.54) is 0 Å². The molecule has 3 rings (SSSR count). The van der Waals surface area contributed by atoms with E-state index in [4.69, 9.17) is 5.11 Å². The van der Waals surface area contributed by atoms with Crippen LogP contribution in [0.4, 0.5) is 0 Å². The smallest absolute Gasteiger partial charge is 0.335 e. The van der Waals surface area contributed by atoms with Crippen LogP contribution in [0, 0.1) is 0 Å². The van der Waals surface area contributed by atoms with Crippen molar-refractivity contribution in [3.63, 3.8) is 0 Å². The number of carboxylic acid groups (broad SMARTS) is 1. The molecule has 0 bridgehead atoms. The molecule has 2 fully saturated rings. The Morgan fingerprint density at radius 1 is 1.25 bits per heavy atom. The summed E-state index contributed by atoms with van der Waals surface area (Å²) in [6, 6.07) is 7.12. The third kappa shape index (κ3) is 3.60. The van der Waals surface area contributed by atoms with Gasteiger partial charge in [0, 0.05) is 44.7 Å². The number of carbonyl (C=O) groups is 2. The van der Waals surface area contributed by atoms with Gasteiger partial charge in [0.1, 0.15) is 0 Å². The Bertz CT molecular complexity index is 616. The molecule has 0 saturated carbocycles. The van der Waals surface area contributed by atoms with Crippen LogP contribution in [-0.4, -0.2) is 65.5 Å². The van der Waals surface area contributed by atoms with Crippen molar-refractivity contribution >= 4 is 11.9 Å². The van der Waals surface area contributed by atoms with E-state index in [2.05, 4.69) is 22.2 Å². The van der Waals surface area contributed by atoms with Crippen molar-refractivity contribution in [2.45, 2.75) is 31.3 Å². The topological polar surface area (TPSA) is 72.9 Å². The Labute approximate surface area is 142 Å². The molecule has 2 N–H and O–H groups in total. The third-order valence-corrected chi connectivity index (χ3v) is 5.42. The lowest BCUT2D eigenvalue weighted by atomic mass is 9.86. The highest BCUT2D eigenvalue weighted by molar-refractivity contribution is 5.87. The van der Waals surface area contributed by atoms with Gasteiger partial charge in [0.25, 0.3) is 0 Å². The molecule has 2 saturated heterocycles. The van der Waals surface area contributed by atoms with Gasteiger partial charge in [-0.15, -0.1) is 0 Å². The second-order valence-corrected chi connectivity index (χ2v) is 6.96. The third-order valence-electron chi connectivity index (χ3n) is 5.42. The van der Waals surface area contributed by atoms with E-state index in [0.29, 0.717) is 12.0 Å². The largest absolute Gasteiger partial charge is 0.478 e. The van der Waals surface area contributed by atoms with Crippen molar-refractivity contribution in [2.24, 2.45) is 0 Å². The molecule has 2 aliphatic heterocycles. The summed E-state index contributed by atoms with van der Waals surface area (Å²) in [5.41, 5.74) is 1.50. The van der Waals surface area contributed by atoms with E-state index in [0.717, 1.165) is 51.1 Å². The van der Waals surface area contributed by atoms with Crippen LogP contribution >= 0.6 is 0 Å². The van der Waals surface area contributed by atoms with Gasteiger partial charge in [-0.05, 0) is 37.6 Å². The van der Waals surface area contributed by atoms with Crippen LogP contribution < -0.4 is 5.32 Å². The summed E-state index contributed by atoms with van der Waals surface area (Å²) >= 11 is 0. The van der Waals surface area contributed by atoms with Crippen LogP contribution in [0.2, 0.25) is 0 Å². The number of hydrogen-bond acceptors (Lipinski definition) is 4. The van der Waals surface area contributed by atoms with Gasteiger partial charge in [0.15, 0.2) is 0 Å². The number of benzene rings is 1. The summed E-state index contributed by atoms with van der Waals surface area (Å²) < 4.78 is 0. The molecule has 2 aliphatic rings. The van der Waals surface area contributed by atoms with Gasteiger partial charge < -0.3 is 10.4 Å². The molecular weight excluding hydrogens is 306 g/mol. The summed E-state index contributed by atoms with van der Waals surface area (Å²) in [7, 11) is 2.16. The van der Waals surface area contributed by atoms with E-state index >= 15 is 0 Å². The Hall–Kier alpha value is -1.92. The zero-order valence-corrected chi connectivity index (χ0v) is 14.1. The molecule has 6 nitrogen and oxygen atoms in total.